The molecular weight excluding hydrogens is 408 g/mol. The number of thioether (sulfide) groups is 1. The molecule has 0 aliphatic rings. The summed E-state index contributed by atoms with van der Waals surface area (Å²) in [4.78, 5) is 21.4. The maximum Gasteiger partial charge on any atom is 0.258 e. The second kappa shape index (κ2) is 9.57. The van der Waals surface area contributed by atoms with Crippen LogP contribution in [0, 0.1) is 13.8 Å². The van der Waals surface area contributed by atoms with Gasteiger partial charge in [-0.05, 0) is 67.8 Å². The van der Waals surface area contributed by atoms with Crippen molar-refractivity contribution in [1.82, 2.24) is 15.1 Å². The van der Waals surface area contributed by atoms with Crippen LogP contribution in [0.25, 0.3) is 0 Å². The van der Waals surface area contributed by atoms with Crippen LogP contribution in [0.5, 0.6) is 0 Å². The minimum atomic E-state index is -0.184. The number of rotatable bonds is 7. The third-order valence-corrected chi connectivity index (χ3v) is 5.95. The first-order valence-electron chi connectivity index (χ1n) is 9.89. The number of aryl methyl sites for hydroxylation is 2. The molecule has 4 aromatic rings. The van der Waals surface area contributed by atoms with E-state index in [1.54, 1.807) is 30.7 Å². The molecule has 3 aromatic heterocycles. The molecule has 156 valence electrons. The Balaban J connectivity index is 1.43. The van der Waals surface area contributed by atoms with Gasteiger partial charge in [-0.15, -0.1) is 11.8 Å². The lowest BCUT2D eigenvalue weighted by Gasteiger charge is -2.10. The number of anilines is 1. The van der Waals surface area contributed by atoms with Crippen LogP contribution in [0.15, 0.2) is 76.7 Å². The first kappa shape index (κ1) is 20.8. The van der Waals surface area contributed by atoms with Crippen molar-refractivity contribution in [2.75, 3.05) is 5.32 Å². The molecule has 1 amide bonds. The summed E-state index contributed by atoms with van der Waals surface area (Å²) in [6.45, 7) is 3.80. The lowest BCUT2D eigenvalue weighted by molar-refractivity contribution is 0.102. The molecule has 3 heterocycles. The molecule has 0 fully saturated rings. The number of nitrogens with one attached hydrogen (secondary N) is 1. The summed E-state index contributed by atoms with van der Waals surface area (Å²) in [6.07, 6.45) is 6.10. The van der Waals surface area contributed by atoms with Crippen LogP contribution in [0.1, 0.15) is 38.5 Å². The van der Waals surface area contributed by atoms with Gasteiger partial charge in [0.1, 0.15) is 10.8 Å². The average Bonchev–Trinajstić information content (AvgIpc) is 3.12. The van der Waals surface area contributed by atoms with Crippen molar-refractivity contribution < 1.29 is 9.32 Å². The Labute approximate surface area is 185 Å². The third-order valence-electron chi connectivity index (χ3n) is 4.92. The highest BCUT2D eigenvalue weighted by molar-refractivity contribution is 7.98. The third kappa shape index (κ3) is 5.19. The van der Waals surface area contributed by atoms with Gasteiger partial charge in [-0.3, -0.25) is 9.78 Å². The van der Waals surface area contributed by atoms with Crippen LogP contribution >= 0.6 is 11.8 Å². The van der Waals surface area contributed by atoms with Crippen LogP contribution in [0.2, 0.25) is 0 Å². The molecule has 0 unspecified atom stereocenters. The molecular formula is C24H22N4O2S. The Hall–Kier alpha value is -3.45. The number of hydrogen-bond donors (Lipinski definition) is 1. The molecule has 0 saturated carbocycles. The highest BCUT2D eigenvalue weighted by Gasteiger charge is 2.16. The van der Waals surface area contributed by atoms with Gasteiger partial charge >= 0.3 is 0 Å². The predicted molar refractivity (Wildman–Crippen MR) is 121 cm³/mol. The van der Waals surface area contributed by atoms with Gasteiger partial charge in [-0.2, -0.15) is 0 Å². The smallest absolute Gasteiger partial charge is 0.258 e. The number of amides is 1. The first-order valence-corrected chi connectivity index (χ1v) is 10.9. The van der Waals surface area contributed by atoms with E-state index in [0.29, 0.717) is 16.3 Å². The second-order valence-corrected chi connectivity index (χ2v) is 8.09. The maximum atomic E-state index is 12.9. The van der Waals surface area contributed by atoms with Crippen molar-refractivity contribution in [2.24, 2.45) is 0 Å². The zero-order valence-corrected chi connectivity index (χ0v) is 18.1. The van der Waals surface area contributed by atoms with Gasteiger partial charge in [0.25, 0.3) is 5.91 Å². The molecule has 6 nitrogen and oxygen atoms in total. The fraction of sp³-hybridized carbons (Fsp3) is 0.167. The lowest BCUT2D eigenvalue weighted by atomic mass is 10.1. The second-order valence-electron chi connectivity index (χ2n) is 7.13. The van der Waals surface area contributed by atoms with E-state index in [0.717, 1.165) is 29.1 Å². The van der Waals surface area contributed by atoms with Crippen LogP contribution in [-0.2, 0) is 12.2 Å². The van der Waals surface area contributed by atoms with Crippen molar-refractivity contribution in [3.05, 3.63) is 101 Å². The van der Waals surface area contributed by atoms with E-state index in [9.17, 15) is 4.79 Å². The number of aromatic nitrogens is 3. The van der Waals surface area contributed by atoms with E-state index in [2.05, 4.69) is 20.4 Å². The summed E-state index contributed by atoms with van der Waals surface area (Å²) in [6, 6.07) is 15.4. The average molecular weight is 431 g/mol. The Kier molecular flexibility index (Phi) is 6.43. The molecule has 0 bridgehead atoms. The van der Waals surface area contributed by atoms with E-state index in [4.69, 9.17) is 4.52 Å². The van der Waals surface area contributed by atoms with E-state index in [1.807, 2.05) is 50.2 Å². The number of nitrogens with zero attached hydrogens (tertiary/aromatic N) is 3. The Bertz CT molecular complexity index is 1150. The standard InChI is InChI=1S/C24H22N4O2S/c1-16-22(17(2)30-28-16)15-31-24-21(4-3-11-26-24)23(29)27-20-7-5-18(6-8-20)14-19-9-12-25-13-10-19/h3-13H,14-15H2,1-2H3,(H,27,29). The summed E-state index contributed by atoms with van der Waals surface area (Å²) < 4.78 is 5.22. The number of hydrogen-bond acceptors (Lipinski definition) is 6. The summed E-state index contributed by atoms with van der Waals surface area (Å²) in [7, 11) is 0. The van der Waals surface area contributed by atoms with Crippen molar-refractivity contribution in [3.8, 4) is 0 Å². The molecule has 0 atom stereocenters. The van der Waals surface area contributed by atoms with Gasteiger partial charge in [0.15, 0.2) is 0 Å². The Morgan fingerprint density at radius 2 is 1.74 bits per heavy atom. The maximum absolute atomic E-state index is 12.9. The summed E-state index contributed by atoms with van der Waals surface area (Å²) >= 11 is 1.50. The number of pyridine rings is 2. The van der Waals surface area contributed by atoms with Gasteiger partial charge in [-0.25, -0.2) is 4.98 Å². The zero-order valence-electron chi connectivity index (χ0n) is 17.3. The van der Waals surface area contributed by atoms with E-state index < -0.39 is 0 Å². The molecule has 0 aliphatic heterocycles. The van der Waals surface area contributed by atoms with Crippen LogP contribution in [-0.4, -0.2) is 21.0 Å². The van der Waals surface area contributed by atoms with Crippen LogP contribution in [0.3, 0.4) is 0 Å². The zero-order chi connectivity index (χ0) is 21.6. The fourth-order valence-electron chi connectivity index (χ4n) is 3.17. The predicted octanol–water partition coefficient (Wildman–Crippen LogP) is 5.22. The monoisotopic (exact) mass is 430 g/mol. The fourth-order valence-corrected chi connectivity index (χ4v) is 4.31. The number of carbonyl (C=O) groups excluding carboxylic acids is 1. The van der Waals surface area contributed by atoms with E-state index in [1.165, 1.54) is 22.9 Å². The minimum Gasteiger partial charge on any atom is -0.361 e. The Morgan fingerprint density at radius 3 is 2.45 bits per heavy atom. The molecule has 31 heavy (non-hydrogen) atoms. The molecule has 7 heteroatoms. The molecule has 0 saturated heterocycles. The van der Waals surface area contributed by atoms with Gasteiger partial charge in [-0.1, -0.05) is 17.3 Å². The van der Waals surface area contributed by atoms with Crippen LogP contribution in [0.4, 0.5) is 5.69 Å². The van der Waals surface area contributed by atoms with E-state index in [-0.39, 0.29) is 5.91 Å². The van der Waals surface area contributed by atoms with Crippen molar-refractivity contribution >= 4 is 23.4 Å². The van der Waals surface area contributed by atoms with Crippen molar-refractivity contribution in [3.63, 3.8) is 0 Å². The van der Waals surface area contributed by atoms with Gasteiger partial charge in [0, 0.05) is 35.6 Å². The van der Waals surface area contributed by atoms with Gasteiger partial charge < -0.3 is 9.84 Å². The Morgan fingerprint density at radius 1 is 1.00 bits per heavy atom. The van der Waals surface area contributed by atoms with E-state index >= 15 is 0 Å². The summed E-state index contributed by atoms with van der Waals surface area (Å²) in [5.41, 5.74) is 5.54. The van der Waals surface area contributed by atoms with Crippen LogP contribution < -0.4 is 5.32 Å². The topological polar surface area (TPSA) is 80.9 Å². The van der Waals surface area contributed by atoms with Gasteiger partial charge in [0.2, 0.25) is 0 Å². The first-order chi connectivity index (χ1) is 15.1. The molecule has 1 N–H and O–H groups in total. The summed E-state index contributed by atoms with van der Waals surface area (Å²) in [5, 5.41) is 7.63. The quantitative estimate of drug-likeness (QED) is 0.405. The molecule has 0 spiro atoms. The largest absolute Gasteiger partial charge is 0.361 e. The minimum absolute atomic E-state index is 0.184. The van der Waals surface area contributed by atoms with Crippen molar-refractivity contribution in [2.45, 2.75) is 31.0 Å². The van der Waals surface area contributed by atoms with Gasteiger partial charge in [0.05, 0.1) is 11.3 Å². The molecule has 1 aromatic carbocycles. The number of carbonyl (C=O) groups is 1. The number of benzene rings is 1. The normalized spacial score (nSPS) is 10.8. The highest BCUT2D eigenvalue weighted by Crippen LogP contribution is 2.27. The molecule has 0 aliphatic carbocycles. The highest BCUT2D eigenvalue weighted by atomic mass is 32.2. The molecule has 4 rings (SSSR count). The molecule has 0 radical (unpaired) electrons. The lowest BCUT2D eigenvalue weighted by Crippen LogP contribution is -2.13. The SMILES string of the molecule is Cc1noc(C)c1CSc1ncccc1C(=O)Nc1ccc(Cc2ccncc2)cc1. The van der Waals surface area contributed by atoms with Crippen molar-refractivity contribution in [1.29, 1.82) is 0 Å². The summed E-state index contributed by atoms with van der Waals surface area (Å²) in [5.74, 6) is 1.25.